The van der Waals surface area contributed by atoms with Crippen molar-refractivity contribution in [3.8, 4) is 24.3 Å². The van der Waals surface area contributed by atoms with E-state index in [1.54, 1.807) is 19.9 Å². The molecular formula is C13H10N4. The minimum atomic E-state index is -1.80. The Morgan fingerprint density at radius 1 is 1.12 bits per heavy atom. The minimum Gasteiger partial charge on any atom is -0.196 e. The first-order valence-electron chi connectivity index (χ1n) is 4.98. The van der Waals surface area contributed by atoms with Crippen LogP contribution >= 0.6 is 0 Å². The van der Waals surface area contributed by atoms with Crippen LogP contribution in [0, 0.1) is 62.1 Å². The molecule has 0 aromatic carbocycles. The Labute approximate surface area is 100 Å². The fourth-order valence-electron chi connectivity index (χ4n) is 2.16. The van der Waals surface area contributed by atoms with Gasteiger partial charge in [0.15, 0.2) is 10.8 Å². The molecule has 0 radical (unpaired) electrons. The lowest BCUT2D eigenvalue weighted by Gasteiger charge is -2.40. The molecule has 4 heteroatoms. The van der Waals surface area contributed by atoms with Crippen molar-refractivity contribution in [1.82, 2.24) is 0 Å². The summed E-state index contributed by atoms with van der Waals surface area (Å²) in [4.78, 5) is 0. The van der Waals surface area contributed by atoms with Gasteiger partial charge in [-0.2, -0.15) is 21.0 Å². The van der Waals surface area contributed by atoms with E-state index in [0.717, 1.165) is 5.57 Å². The Morgan fingerprint density at radius 3 is 1.94 bits per heavy atom. The van der Waals surface area contributed by atoms with E-state index in [1.807, 2.05) is 24.3 Å². The molecule has 0 aliphatic heterocycles. The largest absolute Gasteiger partial charge is 0.200 e. The van der Waals surface area contributed by atoms with Gasteiger partial charge in [0.05, 0.1) is 24.3 Å². The highest BCUT2D eigenvalue weighted by Crippen LogP contribution is 2.54. The predicted octanol–water partition coefficient (Wildman–Crippen LogP) is 2.21. The Bertz CT molecular complexity index is 541. The first-order valence-corrected chi connectivity index (χ1v) is 4.98. The van der Waals surface area contributed by atoms with Crippen molar-refractivity contribution in [2.24, 2.45) is 16.7 Å². The van der Waals surface area contributed by atoms with E-state index >= 15 is 0 Å². The van der Waals surface area contributed by atoms with Gasteiger partial charge in [-0.15, -0.1) is 0 Å². The molecule has 1 aliphatic rings. The predicted molar refractivity (Wildman–Crippen MR) is 59.4 cm³/mol. The highest BCUT2D eigenvalue weighted by molar-refractivity contribution is 5.53. The second kappa shape index (κ2) is 3.79. The first-order chi connectivity index (χ1) is 7.95. The summed E-state index contributed by atoms with van der Waals surface area (Å²) in [6, 6.07) is 7.35. The first kappa shape index (κ1) is 12.5. The maximum atomic E-state index is 9.30. The molecule has 4 nitrogen and oxygen atoms in total. The van der Waals surface area contributed by atoms with Gasteiger partial charge in [0, 0.05) is 5.92 Å². The van der Waals surface area contributed by atoms with Gasteiger partial charge in [0.1, 0.15) is 0 Å². The maximum absolute atomic E-state index is 9.30. The van der Waals surface area contributed by atoms with Crippen LogP contribution in [0.4, 0.5) is 0 Å². The summed E-state index contributed by atoms with van der Waals surface area (Å²) in [6.07, 6.45) is 1.62. The molecule has 0 spiro atoms. The molecule has 82 valence electrons. The smallest absolute Gasteiger partial charge is 0.196 e. The number of nitrogens with zero attached hydrogens (tertiary/aromatic N) is 4. The quantitative estimate of drug-likeness (QED) is 0.627. The van der Waals surface area contributed by atoms with Crippen LogP contribution in [-0.2, 0) is 0 Å². The lowest BCUT2D eigenvalue weighted by Crippen LogP contribution is -2.46. The molecule has 1 unspecified atom stereocenters. The molecule has 1 aliphatic carbocycles. The maximum Gasteiger partial charge on any atom is 0.200 e. The highest BCUT2D eigenvalue weighted by atomic mass is 14.6. The molecule has 0 bridgehead atoms. The third kappa shape index (κ3) is 1.19. The van der Waals surface area contributed by atoms with Crippen molar-refractivity contribution in [1.29, 1.82) is 21.0 Å². The zero-order chi connectivity index (χ0) is 13.3. The van der Waals surface area contributed by atoms with Gasteiger partial charge in [-0.05, 0) is 12.5 Å². The average Bonchev–Trinajstić information content (AvgIpc) is 2.34. The van der Waals surface area contributed by atoms with Crippen LogP contribution in [0.2, 0.25) is 0 Å². The Hall–Kier alpha value is -2.56. The van der Waals surface area contributed by atoms with E-state index in [1.165, 1.54) is 0 Å². The van der Waals surface area contributed by atoms with E-state index in [2.05, 4.69) is 6.58 Å². The van der Waals surface area contributed by atoms with Crippen LogP contribution in [0.25, 0.3) is 0 Å². The molecule has 0 amide bonds. The zero-order valence-corrected chi connectivity index (χ0v) is 9.65. The third-order valence-electron chi connectivity index (χ3n) is 3.50. The summed E-state index contributed by atoms with van der Waals surface area (Å²) in [6.45, 7) is 7.10. The Balaban J connectivity index is 3.79. The van der Waals surface area contributed by atoms with Crippen molar-refractivity contribution in [3.05, 3.63) is 23.8 Å². The molecule has 0 aromatic rings. The Morgan fingerprint density at radius 2 is 1.59 bits per heavy atom. The van der Waals surface area contributed by atoms with Crippen LogP contribution in [0.3, 0.4) is 0 Å². The topological polar surface area (TPSA) is 95.2 Å². The molecule has 0 saturated heterocycles. The molecule has 0 saturated carbocycles. The van der Waals surface area contributed by atoms with Crippen molar-refractivity contribution in [2.75, 3.05) is 0 Å². The fourth-order valence-corrected chi connectivity index (χ4v) is 2.16. The lowest BCUT2D eigenvalue weighted by atomic mass is 9.53. The summed E-state index contributed by atoms with van der Waals surface area (Å²) in [7, 11) is 0. The van der Waals surface area contributed by atoms with Crippen LogP contribution < -0.4 is 0 Å². The molecule has 17 heavy (non-hydrogen) atoms. The van der Waals surface area contributed by atoms with Crippen molar-refractivity contribution in [2.45, 2.75) is 13.8 Å². The second-order valence-corrected chi connectivity index (χ2v) is 4.14. The summed E-state index contributed by atoms with van der Waals surface area (Å²) < 4.78 is 0. The van der Waals surface area contributed by atoms with Crippen LogP contribution in [-0.4, -0.2) is 0 Å². The molecule has 0 heterocycles. The number of allylic oxidation sites excluding steroid dienone is 3. The summed E-state index contributed by atoms with van der Waals surface area (Å²) in [5.74, 6) is -0.484. The van der Waals surface area contributed by atoms with Crippen molar-refractivity contribution >= 4 is 0 Å². The van der Waals surface area contributed by atoms with E-state index in [-0.39, 0.29) is 5.57 Å². The van der Waals surface area contributed by atoms with Crippen LogP contribution in [0.15, 0.2) is 23.8 Å². The lowest BCUT2D eigenvalue weighted by molar-refractivity contribution is 0.258. The van der Waals surface area contributed by atoms with Crippen LogP contribution in [0.1, 0.15) is 13.8 Å². The van der Waals surface area contributed by atoms with E-state index in [9.17, 15) is 21.0 Å². The number of hydrogen-bond acceptors (Lipinski definition) is 4. The third-order valence-corrected chi connectivity index (χ3v) is 3.50. The molecule has 0 N–H and O–H groups in total. The SMILES string of the molecule is C=C1C=C(C)C(C)C(C#N)(C#N)C1(C#N)C#N. The standard InChI is InChI=1S/C13H10N4/c1-9-4-10(2)12(5-14,6-15)13(7-16,8-17)11(9)3/h4,11H,2H2,1,3H3. The van der Waals surface area contributed by atoms with E-state index in [0.29, 0.717) is 0 Å². The van der Waals surface area contributed by atoms with Gasteiger partial charge in [-0.1, -0.05) is 25.2 Å². The summed E-state index contributed by atoms with van der Waals surface area (Å²) in [5.41, 5.74) is -2.51. The van der Waals surface area contributed by atoms with Gasteiger partial charge in [0.2, 0.25) is 0 Å². The normalized spacial score (nSPS) is 24.5. The van der Waals surface area contributed by atoms with Gasteiger partial charge in [-0.25, -0.2) is 0 Å². The van der Waals surface area contributed by atoms with E-state index in [4.69, 9.17) is 0 Å². The number of nitriles is 4. The van der Waals surface area contributed by atoms with Gasteiger partial charge < -0.3 is 0 Å². The molecular weight excluding hydrogens is 212 g/mol. The van der Waals surface area contributed by atoms with Gasteiger partial charge in [0.25, 0.3) is 0 Å². The molecule has 1 atom stereocenters. The van der Waals surface area contributed by atoms with Crippen molar-refractivity contribution < 1.29 is 0 Å². The molecule has 0 fully saturated rings. The highest BCUT2D eigenvalue weighted by Gasteiger charge is 2.61. The van der Waals surface area contributed by atoms with Crippen molar-refractivity contribution in [3.63, 3.8) is 0 Å². The Kier molecular flexibility index (Phi) is 2.79. The van der Waals surface area contributed by atoms with Gasteiger partial charge in [-0.3, -0.25) is 0 Å². The second-order valence-electron chi connectivity index (χ2n) is 4.14. The number of hydrogen-bond donors (Lipinski definition) is 0. The van der Waals surface area contributed by atoms with Gasteiger partial charge >= 0.3 is 0 Å². The zero-order valence-electron chi connectivity index (χ0n) is 9.65. The minimum absolute atomic E-state index is 0.209. The molecule has 0 aromatic heterocycles. The van der Waals surface area contributed by atoms with E-state index < -0.39 is 16.7 Å². The summed E-state index contributed by atoms with van der Waals surface area (Å²) >= 11 is 0. The summed E-state index contributed by atoms with van der Waals surface area (Å²) in [5, 5.41) is 37.1. The number of rotatable bonds is 0. The monoisotopic (exact) mass is 222 g/mol. The fraction of sp³-hybridized carbons (Fsp3) is 0.385. The molecule has 1 rings (SSSR count). The average molecular weight is 222 g/mol. The van der Waals surface area contributed by atoms with Crippen LogP contribution in [0.5, 0.6) is 0 Å².